The number of hydrogen-bond acceptors (Lipinski definition) is 2. The molecule has 0 amide bonds. The molecule has 0 aliphatic heterocycles. The summed E-state index contributed by atoms with van der Waals surface area (Å²) in [6, 6.07) is 7.98. The molecular formula is C19H22F3NO. The fourth-order valence-electron chi connectivity index (χ4n) is 3.40. The number of benzene rings is 2. The Hall–Kier alpha value is -1.75. The van der Waals surface area contributed by atoms with E-state index in [0.29, 0.717) is 17.8 Å². The van der Waals surface area contributed by atoms with E-state index in [0.717, 1.165) is 31.2 Å². The maximum absolute atomic E-state index is 13.7. The Kier molecular flexibility index (Phi) is 4.72. The van der Waals surface area contributed by atoms with Gasteiger partial charge in [-0.2, -0.15) is 13.2 Å². The first kappa shape index (κ1) is 17.1. The fourth-order valence-corrected chi connectivity index (χ4v) is 3.40. The van der Waals surface area contributed by atoms with Crippen LogP contribution in [0, 0.1) is 5.92 Å². The minimum absolute atomic E-state index is 0.0601. The summed E-state index contributed by atoms with van der Waals surface area (Å²) in [6.07, 6.45) is -0.978. The van der Waals surface area contributed by atoms with E-state index in [2.05, 4.69) is 6.92 Å². The fraction of sp³-hybridized carbons (Fsp3) is 0.474. The molecule has 0 unspecified atom stereocenters. The molecule has 3 rings (SSSR count). The number of hydrogen-bond donors (Lipinski definition) is 1. The summed E-state index contributed by atoms with van der Waals surface area (Å²) in [5, 5.41) is 0.705. The molecule has 1 saturated carbocycles. The van der Waals surface area contributed by atoms with Crippen molar-refractivity contribution in [3.63, 3.8) is 0 Å². The Morgan fingerprint density at radius 1 is 1.08 bits per heavy atom. The lowest BCUT2D eigenvalue weighted by atomic mass is 9.89. The molecule has 2 N–H and O–H groups in total. The van der Waals surface area contributed by atoms with Crippen molar-refractivity contribution >= 4 is 10.8 Å². The summed E-state index contributed by atoms with van der Waals surface area (Å²) in [5.41, 5.74) is 5.71. The van der Waals surface area contributed by atoms with E-state index in [1.165, 1.54) is 12.1 Å². The van der Waals surface area contributed by atoms with Crippen molar-refractivity contribution < 1.29 is 17.9 Å². The Bertz CT molecular complexity index is 718. The summed E-state index contributed by atoms with van der Waals surface area (Å²) >= 11 is 0. The van der Waals surface area contributed by atoms with Crippen LogP contribution in [0.5, 0.6) is 5.75 Å². The molecule has 0 radical (unpaired) electrons. The van der Waals surface area contributed by atoms with Crippen molar-refractivity contribution in [2.45, 2.75) is 51.4 Å². The molecule has 0 saturated heterocycles. The number of nitrogens with two attached hydrogens (primary N) is 1. The minimum atomic E-state index is -4.46. The molecule has 0 atom stereocenters. The van der Waals surface area contributed by atoms with Gasteiger partial charge in [0.15, 0.2) is 0 Å². The largest absolute Gasteiger partial charge is 0.490 e. The lowest BCUT2D eigenvalue weighted by molar-refractivity contribution is -0.138. The number of fused-ring (bicyclic) bond motifs is 1. The highest BCUT2D eigenvalue weighted by atomic mass is 19.4. The first-order chi connectivity index (χ1) is 11.4. The second kappa shape index (κ2) is 6.63. The third kappa shape index (κ3) is 3.51. The molecule has 2 aromatic rings. The smallest absolute Gasteiger partial charge is 0.420 e. The zero-order valence-electron chi connectivity index (χ0n) is 13.7. The Balaban J connectivity index is 2.00. The van der Waals surface area contributed by atoms with E-state index in [1.807, 2.05) is 0 Å². The van der Waals surface area contributed by atoms with Crippen LogP contribution in [0.2, 0.25) is 0 Å². The van der Waals surface area contributed by atoms with Crippen molar-refractivity contribution in [1.29, 1.82) is 0 Å². The monoisotopic (exact) mass is 337 g/mol. The number of ether oxygens (including phenoxy) is 1. The van der Waals surface area contributed by atoms with E-state index >= 15 is 0 Å². The SMILES string of the molecule is CC1CCC(Oc2ccc3cc(CN)ccc3c2C(F)(F)F)CC1. The number of halogens is 3. The first-order valence-corrected chi connectivity index (χ1v) is 8.38. The Morgan fingerprint density at radius 3 is 2.42 bits per heavy atom. The van der Waals surface area contributed by atoms with Gasteiger partial charge in [0.25, 0.3) is 0 Å². The molecule has 0 aromatic heterocycles. The number of alkyl halides is 3. The lowest BCUT2D eigenvalue weighted by Gasteiger charge is -2.28. The van der Waals surface area contributed by atoms with Crippen molar-refractivity contribution in [3.05, 3.63) is 41.5 Å². The van der Waals surface area contributed by atoms with Gasteiger partial charge in [0, 0.05) is 6.54 Å². The van der Waals surface area contributed by atoms with Crippen molar-refractivity contribution in [3.8, 4) is 5.75 Å². The second-order valence-corrected chi connectivity index (χ2v) is 6.70. The maximum Gasteiger partial charge on any atom is 0.420 e. The van der Waals surface area contributed by atoms with E-state index in [9.17, 15) is 13.2 Å². The van der Waals surface area contributed by atoms with Gasteiger partial charge < -0.3 is 10.5 Å². The molecular weight excluding hydrogens is 315 g/mol. The van der Waals surface area contributed by atoms with Gasteiger partial charge in [0.2, 0.25) is 0 Å². The van der Waals surface area contributed by atoms with Crippen molar-refractivity contribution in [2.24, 2.45) is 11.7 Å². The van der Waals surface area contributed by atoms with Gasteiger partial charge in [0.1, 0.15) is 11.3 Å². The van der Waals surface area contributed by atoms with E-state index in [4.69, 9.17) is 10.5 Å². The number of rotatable bonds is 3. The topological polar surface area (TPSA) is 35.2 Å². The van der Waals surface area contributed by atoms with E-state index in [1.54, 1.807) is 18.2 Å². The van der Waals surface area contributed by atoms with E-state index < -0.39 is 11.7 Å². The van der Waals surface area contributed by atoms with Crippen LogP contribution in [0.4, 0.5) is 13.2 Å². The lowest BCUT2D eigenvalue weighted by Crippen LogP contribution is -2.24. The molecule has 2 aromatic carbocycles. The van der Waals surface area contributed by atoms with Crippen LogP contribution in [0.15, 0.2) is 30.3 Å². The highest BCUT2D eigenvalue weighted by Crippen LogP contribution is 2.42. The average molecular weight is 337 g/mol. The Morgan fingerprint density at radius 2 is 1.79 bits per heavy atom. The zero-order chi connectivity index (χ0) is 17.3. The molecule has 0 bridgehead atoms. The minimum Gasteiger partial charge on any atom is -0.490 e. The predicted molar refractivity (Wildman–Crippen MR) is 88.9 cm³/mol. The van der Waals surface area contributed by atoms with Crippen LogP contribution >= 0.6 is 0 Å². The standard InChI is InChI=1S/C19H22F3NO/c1-12-2-6-15(7-3-12)24-17-9-5-14-10-13(11-23)4-8-16(14)18(17)19(20,21)22/h4-5,8-10,12,15H,2-3,6-7,11,23H2,1H3. The summed E-state index contributed by atoms with van der Waals surface area (Å²) in [4.78, 5) is 0. The van der Waals surface area contributed by atoms with Gasteiger partial charge in [-0.25, -0.2) is 0 Å². The summed E-state index contributed by atoms with van der Waals surface area (Å²) in [5.74, 6) is 0.563. The van der Waals surface area contributed by atoms with Gasteiger partial charge in [-0.15, -0.1) is 0 Å². The molecule has 1 aliphatic carbocycles. The highest BCUT2D eigenvalue weighted by molar-refractivity contribution is 5.89. The molecule has 0 heterocycles. The van der Waals surface area contributed by atoms with Gasteiger partial charge in [-0.05, 0) is 60.1 Å². The second-order valence-electron chi connectivity index (χ2n) is 6.70. The van der Waals surface area contributed by atoms with Gasteiger partial charge in [0.05, 0.1) is 6.10 Å². The van der Waals surface area contributed by atoms with E-state index in [-0.39, 0.29) is 17.2 Å². The summed E-state index contributed by atoms with van der Waals surface area (Å²) in [6.45, 7) is 2.47. The summed E-state index contributed by atoms with van der Waals surface area (Å²) < 4.78 is 46.8. The maximum atomic E-state index is 13.7. The molecule has 0 spiro atoms. The third-order valence-electron chi connectivity index (χ3n) is 4.82. The van der Waals surface area contributed by atoms with Crippen LogP contribution in [0.25, 0.3) is 10.8 Å². The normalized spacial score (nSPS) is 21.9. The summed E-state index contributed by atoms with van der Waals surface area (Å²) in [7, 11) is 0. The van der Waals surface area contributed by atoms with Crippen LogP contribution in [-0.2, 0) is 12.7 Å². The molecule has 5 heteroatoms. The average Bonchev–Trinajstić information content (AvgIpc) is 2.55. The first-order valence-electron chi connectivity index (χ1n) is 8.38. The highest BCUT2D eigenvalue weighted by Gasteiger charge is 2.37. The van der Waals surface area contributed by atoms with Crippen LogP contribution in [-0.4, -0.2) is 6.10 Å². The third-order valence-corrected chi connectivity index (χ3v) is 4.82. The van der Waals surface area contributed by atoms with Crippen LogP contribution in [0.3, 0.4) is 0 Å². The molecule has 1 fully saturated rings. The quantitative estimate of drug-likeness (QED) is 0.827. The predicted octanol–water partition coefficient (Wildman–Crippen LogP) is 5.27. The van der Waals surface area contributed by atoms with Crippen molar-refractivity contribution in [1.82, 2.24) is 0 Å². The van der Waals surface area contributed by atoms with Gasteiger partial charge >= 0.3 is 6.18 Å². The molecule has 2 nitrogen and oxygen atoms in total. The Labute approximate surface area is 139 Å². The van der Waals surface area contributed by atoms with Crippen LogP contribution < -0.4 is 10.5 Å². The van der Waals surface area contributed by atoms with Gasteiger partial charge in [-0.3, -0.25) is 0 Å². The molecule has 24 heavy (non-hydrogen) atoms. The molecule has 1 aliphatic rings. The van der Waals surface area contributed by atoms with Crippen molar-refractivity contribution in [2.75, 3.05) is 0 Å². The van der Waals surface area contributed by atoms with Gasteiger partial charge in [-0.1, -0.05) is 25.1 Å². The molecule has 130 valence electrons. The zero-order valence-corrected chi connectivity index (χ0v) is 13.7. The van der Waals surface area contributed by atoms with Crippen LogP contribution in [0.1, 0.15) is 43.7 Å².